The molecular weight excluding hydrogens is 356 g/mol. The van der Waals surface area contributed by atoms with Crippen molar-refractivity contribution in [2.75, 3.05) is 17.1 Å². The van der Waals surface area contributed by atoms with E-state index >= 15 is 0 Å². The van der Waals surface area contributed by atoms with Crippen molar-refractivity contribution in [2.24, 2.45) is 0 Å². The number of benzene rings is 2. The molecule has 1 heterocycles. The van der Waals surface area contributed by atoms with Crippen LogP contribution in [0.4, 0.5) is 5.13 Å². The third-order valence-corrected chi connectivity index (χ3v) is 6.09. The lowest BCUT2D eigenvalue weighted by Gasteiger charge is -2.08. The van der Waals surface area contributed by atoms with Crippen LogP contribution >= 0.6 is 11.3 Å². The number of sulfonamides is 1. The fourth-order valence-electron chi connectivity index (χ4n) is 2.40. The highest BCUT2D eigenvalue weighted by molar-refractivity contribution is 7.92. The maximum Gasteiger partial charge on any atom is 0.237 e. The third-order valence-electron chi connectivity index (χ3n) is 3.82. The molecule has 0 aliphatic heterocycles. The van der Waals surface area contributed by atoms with Crippen LogP contribution < -0.4 is 9.46 Å². The molecule has 0 unspecified atom stereocenters. The van der Waals surface area contributed by atoms with Crippen LogP contribution in [-0.4, -0.2) is 25.8 Å². The smallest absolute Gasteiger partial charge is 0.237 e. The van der Waals surface area contributed by atoms with Crippen molar-refractivity contribution in [3.8, 4) is 5.75 Å². The van der Waals surface area contributed by atoms with Gasteiger partial charge in [0.2, 0.25) is 10.0 Å². The van der Waals surface area contributed by atoms with Crippen molar-refractivity contribution in [3.63, 3.8) is 0 Å². The maximum atomic E-state index is 12.2. The summed E-state index contributed by atoms with van der Waals surface area (Å²) in [5.41, 5.74) is 3.07. The lowest BCUT2D eigenvalue weighted by Crippen LogP contribution is -2.21. The number of aromatic nitrogens is 1. The van der Waals surface area contributed by atoms with Crippen LogP contribution in [0.25, 0.3) is 10.2 Å². The predicted molar refractivity (Wildman–Crippen MR) is 103 cm³/mol. The highest BCUT2D eigenvalue weighted by Gasteiger charge is 2.14. The summed E-state index contributed by atoms with van der Waals surface area (Å²) in [6.07, 6.45) is 0.959. The van der Waals surface area contributed by atoms with Gasteiger partial charge >= 0.3 is 0 Å². The van der Waals surface area contributed by atoms with E-state index < -0.39 is 10.0 Å². The van der Waals surface area contributed by atoms with E-state index in [1.807, 2.05) is 49.4 Å². The molecule has 0 amide bonds. The number of thiazole rings is 1. The first-order valence-corrected chi connectivity index (χ1v) is 10.5. The second-order valence-electron chi connectivity index (χ2n) is 5.71. The molecule has 0 fully saturated rings. The summed E-state index contributed by atoms with van der Waals surface area (Å²) < 4.78 is 33.5. The van der Waals surface area contributed by atoms with Gasteiger partial charge in [-0.25, -0.2) is 13.4 Å². The van der Waals surface area contributed by atoms with Crippen molar-refractivity contribution < 1.29 is 13.2 Å². The molecule has 25 heavy (non-hydrogen) atoms. The summed E-state index contributed by atoms with van der Waals surface area (Å²) in [6.45, 7) is 4.13. The quantitative estimate of drug-likeness (QED) is 0.677. The zero-order chi connectivity index (χ0) is 17.9. The number of hydrogen-bond acceptors (Lipinski definition) is 5. The SMILES string of the molecule is CCc1ccc(OCCS(=O)(=O)Nc2nc3c(C)cccc3s2)cc1. The Hall–Kier alpha value is -2.12. The normalized spacial score (nSPS) is 11.6. The third kappa shape index (κ3) is 4.49. The van der Waals surface area contributed by atoms with Gasteiger partial charge in [-0.15, -0.1) is 0 Å². The van der Waals surface area contributed by atoms with Gasteiger partial charge in [0, 0.05) is 0 Å². The van der Waals surface area contributed by atoms with Crippen molar-refractivity contribution >= 4 is 36.7 Å². The molecule has 1 aromatic heterocycles. The van der Waals surface area contributed by atoms with Crippen LogP contribution in [-0.2, 0) is 16.4 Å². The van der Waals surface area contributed by atoms with Gasteiger partial charge in [-0.2, -0.15) is 0 Å². The van der Waals surface area contributed by atoms with Crippen LogP contribution in [0.5, 0.6) is 5.75 Å². The molecule has 0 saturated carbocycles. The zero-order valence-electron chi connectivity index (χ0n) is 14.2. The van der Waals surface area contributed by atoms with Crippen LogP contribution in [0.1, 0.15) is 18.1 Å². The molecule has 0 spiro atoms. The first-order valence-electron chi connectivity index (χ1n) is 8.05. The van der Waals surface area contributed by atoms with Crippen LogP contribution in [0.15, 0.2) is 42.5 Å². The predicted octanol–water partition coefficient (Wildman–Crippen LogP) is 3.99. The Bertz CT molecular complexity index is 964. The topological polar surface area (TPSA) is 68.3 Å². The van der Waals surface area contributed by atoms with Crippen LogP contribution in [0, 0.1) is 6.92 Å². The summed E-state index contributed by atoms with van der Waals surface area (Å²) in [5, 5.41) is 0.386. The minimum atomic E-state index is -3.51. The number of ether oxygens (including phenoxy) is 1. The van der Waals surface area contributed by atoms with Gasteiger partial charge in [-0.1, -0.05) is 42.5 Å². The molecule has 0 atom stereocenters. The summed E-state index contributed by atoms with van der Waals surface area (Å²) in [6, 6.07) is 13.5. The molecule has 2 aromatic carbocycles. The monoisotopic (exact) mass is 376 g/mol. The number of fused-ring (bicyclic) bond motifs is 1. The maximum absolute atomic E-state index is 12.2. The van der Waals surface area contributed by atoms with E-state index in [2.05, 4.69) is 16.6 Å². The minimum absolute atomic E-state index is 0.0880. The molecule has 5 nitrogen and oxygen atoms in total. The Morgan fingerprint density at radius 2 is 1.92 bits per heavy atom. The van der Waals surface area contributed by atoms with Crippen LogP contribution in [0.2, 0.25) is 0 Å². The number of hydrogen-bond donors (Lipinski definition) is 1. The minimum Gasteiger partial charge on any atom is -0.492 e. The Kier molecular flexibility index (Phi) is 5.24. The van der Waals surface area contributed by atoms with E-state index in [-0.39, 0.29) is 12.4 Å². The van der Waals surface area contributed by atoms with Crippen molar-refractivity contribution in [2.45, 2.75) is 20.3 Å². The molecule has 7 heteroatoms. The molecule has 3 rings (SSSR count). The molecule has 1 N–H and O–H groups in total. The molecule has 3 aromatic rings. The summed E-state index contributed by atoms with van der Waals surface area (Å²) >= 11 is 1.33. The lowest BCUT2D eigenvalue weighted by atomic mass is 10.2. The summed E-state index contributed by atoms with van der Waals surface area (Å²) in [4.78, 5) is 4.37. The van der Waals surface area contributed by atoms with Gasteiger partial charge in [-0.05, 0) is 42.7 Å². The molecule has 132 valence electrons. The number of nitrogens with one attached hydrogen (secondary N) is 1. The highest BCUT2D eigenvalue weighted by Crippen LogP contribution is 2.28. The Labute approximate surface area is 151 Å². The van der Waals surface area contributed by atoms with Crippen molar-refractivity contribution in [1.29, 1.82) is 0 Å². The summed E-state index contributed by atoms with van der Waals surface area (Å²) in [5.74, 6) is 0.542. The molecule has 0 radical (unpaired) electrons. The fourth-order valence-corrected chi connectivity index (χ4v) is 4.46. The number of anilines is 1. The lowest BCUT2D eigenvalue weighted by molar-refractivity contribution is 0.341. The standard InChI is InChI=1S/C18H20N2O3S2/c1-3-14-7-9-15(10-8-14)23-11-12-25(21,22)20-18-19-17-13(2)5-4-6-16(17)24-18/h4-10H,3,11-12H2,1-2H3,(H,19,20). The van der Waals surface area contributed by atoms with E-state index in [9.17, 15) is 8.42 Å². The van der Waals surface area contributed by atoms with E-state index in [0.29, 0.717) is 10.9 Å². The van der Waals surface area contributed by atoms with Gasteiger partial charge < -0.3 is 4.74 Å². The molecular formula is C18H20N2O3S2. The van der Waals surface area contributed by atoms with Gasteiger partial charge in [-0.3, -0.25) is 4.72 Å². The Morgan fingerprint density at radius 1 is 1.16 bits per heavy atom. The van der Waals surface area contributed by atoms with Gasteiger partial charge in [0.05, 0.1) is 10.2 Å². The fraction of sp³-hybridized carbons (Fsp3) is 0.278. The average Bonchev–Trinajstić information content (AvgIpc) is 2.98. The second-order valence-corrected chi connectivity index (χ2v) is 8.58. The van der Waals surface area contributed by atoms with E-state index in [0.717, 1.165) is 22.2 Å². The molecule has 0 saturated heterocycles. The van der Waals surface area contributed by atoms with Crippen molar-refractivity contribution in [1.82, 2.24) is 4.98 Å². The van der Waals surface area contributed by atoms with E-state index in [1.54, 1.807) is 0 Å². The average molecular weight is 377 g/mol. The zero-order valence-corrected chi connectivity index (χ0v) is 15.8. The second kappa shape index (κ2) is 7.41. The number of aryl methyl sites for hydroxylation is 2. The highest BCUT2D eigenvalue weighted by atomic mass is 32.2. The van der Waals surface area contributed by atoms with E-state index in [4.69, 9.17) is 4.74 Å². The largest absolute Gasteiger partial charge is 0.492 e. The van der Waals surface area contributed by atoms with Crippen molar-refractivity contribution in [3.05, 3.63) is 53.6 Å². The first-order chi connectivity index (χ1) is 12.0. The first kappa shape index (κ1) is 17.7. The molecule has 0 aliphatic carbocycles. The van der Waals surface area contributed by atoms with E-state index in [1.165, 1.54) is 16.9 Å². The number of para-hydroxylation sites is 1. The number of rotatable bonds is 7. The van der Waals surface area contributed by atoms with Crippen LogP contribution in [0.3, 0.4) is 0 Å². The Morgan fingerprint density at radius 3 is 2.60 bits per heavy atom. The van der Waals surface area contributed by atoms with Gasteiger partial charge in [0.25, 0.3) is 0 Å². The number of nitrogens with zero attached hydrogens (tertiary/aromatic N) is 1. The Balaban J connectivity index is 1.60. The summed E-state index contributed by atoms with van der Waals surface area (Å²) in [7, 11) is -3.51. The molecule has 0 aliphatic rings. The van der Waals surface area contributed by atoms with Gasteiger partial charge in [0.1, 0.15) is 18.1 Å². The van der Waals surface area contributed by atoms with Gasteiger partial charge in [0.15, 0.2) is 5.13 Å². The molecule has 0 bridgehead atoms.